The summed E-state index contributed by atoms with van der Waals surface area (Å²) in [5, 5.41) is 12.1. The largest absolute Gasteiger partial charge is 0.484 e. The Hall–Kier alpha value is -2.35. The first-order valence-electron chi connectivity index (χ1n) is 9.09. The van der Waals surface area contributed by atoms with E-state index in [-0.39, 0.29) is 18.1 Å². The van der Waals surface area contributed by atoms with Crippen molar-refractivity contribution >= 4 is 27.8 Å². The van der Waals surface area contributed by atoms with Crippen molar-refractivity contribution in [2.45, 2.75) is 49.4 Å². The molecule has 2 aromatic rings. The lowest BCUT2D eigenvalue weighted by Gasteiger charge is -2.46. The molecule has 3 aliphatic heterocycles. The summed E-state index contributed by atoms with van der Waals surface area (Å²) in [6.07, 6.45) is 6.09. The number of carboxylic acid groups (broad SMARTS) is 1. The molecule has 140 valence electrons. The lowest BCUT2D eigenvalue weighted by Crippen LogP contribution is -2.57. The first-order valence-corrected chi connectivity index (χ1v) is 9.88. The molecule has 2 N–H and O–H groups in total. The quantitative estimate of drug-likeness (QED) is 0.757. The molecule has 5 rings (SSSR count). The standard InChI is InChI=1S/C19H19BrN4O3/c20-15-9-22-16(10-21-15)24-11-5-6-12(24)8-19(7-11)17(23-18(25)26)13-3-1-2-4-14(13)27-19/h1-4,9-12,17,23H,5-8H2,(H,25,26)/t11-,12+,17-,19?/m1/s1. The first kappa shape index (κ1) is 16.8. The number of nitrogens with zero attached hydrogens (tertiary/aromatic N) is 3. The van der Waals surface area contributed by atoms with E-state index in [4.69, 9.17) is 4.74 Å². The van der Waals surface area contributed by atoms with Crippen molar-refractivity contribution in [1.82, 2.24) is 15.3 Å². The van der Waals surface area contributed by atoms with E-state index in [1.165, 1.54) is 0 Å². The van der Waals surface area contributed by atoms with Crippen LogP contribution >= 0.6 is 15.9 Å². The number of hydrogen-bond acceptors (Lipinski definition) is 5. The van der Waals surface area contributed by atoms with Gasteiger partial charge >= 0.3 is 6.09 Å². The second kappa shape index (κ2) is 6.09. The van der Waals surface area contributed by atoms with Crippen molar-refractivity contribution < 1.29 is 14.6 Å². The second-order valence-electron chi connectivity index (χ2n) is 7.49. The molecule has 1 spiro atoms. The lowest BCUT2D eigenvalue weighted by molar-refractivity contribution is 0.0168. The van der Waals surface area contributed by atoms with Gasteiger partial charge in [0.1, 0.15) is 27.8 Å². The van der Waals surface area contributed by atoms with Gasteiger partial charge in [-0.15, -0.1) is 0 Å². The zero-order valence-corrected chi connectivity index (χ0v) is 16.1. The van der Waals surface area contributed by atoms with Crippen LogP contribution in [0.1, 0.15) is 37.3 Å². The zero-order valence-electron chi connectivity index (χ0n) is 14.5. The SMILES string of the molecule is O=C(O)N[C@@H]1c2ccccc2OC12C[C@H]1CC[C@@H](C2)N1c1cnc(Br)cn1. The number of rotatable bonds is 2. The van der Waals surface area contributed by atoms with Crippen molar-refractivity contribution in [3.8, 4) is 5.75 Å². The molecule has 1 aromatic carbocycles. The van der Waals surface area contributed by atoms with E-state index in [2.05, 4.69) is 36.1 Å². The van der Waals surface area contributed by atoms with Crippen molar-refractivity contribution in [1.29, 1.82) is 0 Å². The van der Waals surface area contributed by atoms with E-state index in [0.717, 1.165) is 42.8 Å². The fourth-order valence-electron chi connectivity index (χ4n) is 5.08. The summed E-state index contributed by atoms with van der Waals surface area (Å²) in [6.45, 7) is 0. The molecule has 8 heteroatoms. The van der Waals surface area contributed by atoms with Gasteiger partial charge in [0.05, 0.1) is 12.4 Å². The number of para-hydroxylation sites is 1. The molecule has 0 radical (unpaired) electrons. The van der Waals surface area contributed by atoms with E-state index >= 15 is 0 Å². The van der Waals surface area contributed by atoms with E-state index < -0.39 is 11.7 Å². The van der Waals surface area contributed by atoms with E-state index in [1.54, 1.807) is 12.4 Å². The summed E-state index contributed by atoms with van der Waals surface area (Å²) < 4.78 is 7.15. The molecule has 0 aliphatic carbocycles. The number of piperidine rings is 1. The molecule has 27 heavy (non-hydrogen) atoms. The molecule has 1 amide bonds. The molecule has 7 nitrogen and oxygen atoms in total. The van der Waals surface area contributed by atoms with Gasteiger partial charge in [-0.1, -0.05) is 18.2 Å². The summed E-state index contributed by atoms with van der Waals surface area (Å²) in [7, 11) is 0. The van der Waals surface area contributed by atoms with Gasteiger partial charge in [-0.2, -0.15) is 0 Å². The van der Waals surface area contributed by atoms with Crippen LogP contribution in [0.4, 0.5) is 10.6 Å². The Morgan fingerprint density at radius 1 is 1.22 bits per heavy atom. The van der Waals surface area contributed by atoms with Crippen LogP contribution in [-0.4, -0.2) is 38.9 Å². The number of halogens is 1. The van der Waals surface area contributed by atoms with Crippen molar-refractivity contribution in [3.05, 3.63) is 46.8 Å². The predicted octanol–water partition coefficient (Wildman–Crippen LogP) is 3.51. The summed E-state index contributed by atoms with van der Waals surface area (Å²) >= 11 is 3.34. The molecular weight excluding hydrogens is 412 g/mol. The maximum Gasteiger partial charge on any atom is 0.405 e. The minimum absolute atomic E-state index is 0.256. The molecule has 1 unspecified atom stereocenters. The van der Waals surface area contributed by atoms with E-state index in [0.29, 0.717) is 4.60 Å². The predicted molar refractivity (Wildman–Crippen MR) is 102 cm³/mol. The van der Waals surface area contributed by atoms with Gasteiger partial charge in [0.2, 0.25) is 0 Å². The molecule has 2 fully saturated rings. The van der Waals surface area contributed by atoms with Crippen molar-refractivity contribution in [3.63, 3.8) is 0 Å². The van der Waals surface area contributed by atoms with Crippen LogP contribution in [0, 0.1) is 0 Å². The zero-order chi connectivity index (χ0) is 18.6. The van der Waals surface area contributed by atoms with Crippen LogP contribution in [-0.2, 0) is 0 Å². The Morgan fingerprint density at radius 3 is 2.63 bits per heavy atom. The van der Waals surface area contributed by atoms with Gasteiger partial charge in [0, 0.05) is 30.5 Å². The summed E-state index contributed by atoms with van der Waals surface area (Å²) in [5.41, 5.74) is 0.379. The third kappa shape index (κ3) is 2.65. The minimum Gasteiger partial charge on any atom is -0.484 e. The lowest BCUT2D eigenvalue weighted by atomic mass is 9.79. The summed E-state index contributed by atoms with van der Waals surface area (Å²) in [6, 6.07) is 7.90. The summed E-state index contributed by atoms with van der Waals surface area (Å²) in [4.78, 5) is 22.7. The second-order valence-corrected chi connectivity index (χ2v) is 8.30. The van der Waals surface area contributed by atoms with Crippen LogP contribution in [0.5, 0.6) is 5.75 Å². The summed E-state index contributed by atoms with van der Waals surface area (Å²) in [5.74, 6) is 1.66. The molecule has 3 aliphatic rings. The Balaban J connectivity index is 1.49. The highest BCUT2D eigenvalue weighted by Gasteiger charge is 2.58. The molecule has 0 saturated carbocycles. The van der Waals surface area contributed by atoms with Gasteiger partial charge in [-0.05, 0) is 34.8 Å². The number of anilines is 1. The average molecular weight is 431 g/mol. The van der Waals surface area contributed by atoms with Crippen LogP contribution < -0.4 is 15.0 Å². The Kier molecular flexibility index (Phi) is 3.79. The number of hydrogen-bond donors (Lipinski definition) is 2. The fraction of sp³-hybridized carbons (Fsp3) is 0.421. The Bertz CT molecular complexity index is 877. The number of amides is 1. The molecule has 4 heterocycles. The van der Waals surface area contributed by atoms with Crippen LogP contribution in [0.2, 0.25) is 0 Å². The number of benzene rings is 1. The van der Waals surface area contributed by atoms with Gasteiger partial charge in [-0.25, -0.2) is 14.8 Å². The normalized spacial score (nSPS) is 30.9. The minimum atomic E-state index is -1.02. The molecule has 4 atom stereocenters. The number of aromatic nitrogens is 2. The fourth-order valence-corrected chi connectivity index (χ4v) is 5.29. The molecule has 2 saturated heterocycles. The van der Waals surface area contributed by atoms with Gasteiger partial charge < -0.3 is 20.1 Å². The highest BCUT2D eigenvalue weighted by molar-refractivity contribution is 9.10. The van der Waals surface area contributed by atoms with Crippen LogP contribution in [0.25, 0.3) is 0 Å². The topological polar surface area (TPSA) is 87.6 Å². The number of carbonyl (C=O) groups is 1. The molecule has 2 bridgehead atoms. The maximum absolute atomic E-state index is 11.5. The highest BCUT2D eigenvalue weighted by atomic mass is 79.9. The van der Waals surface area contributed by atoms with Crippen LogP contribution in [0.3, 0.4) is 0 Å². The Labute approximate surface area is 164 Å². The average Bonchev–Trinajstić information content (AvgIpc) is 3.08. The monoisotopic (exact) mass is 430 g/mol. The van der Waals surface area contributed by atoms with Crippen molar-refractivity contribution in [2.24, 2.45) is 0 Å². The first-order chi connectivity index (χ1) is 13.1. The maximum atomic E-state index is 11.5. The van der Waals surface area contributed by atoms with Gasteiger partial charge in [0.25, 0.3) is 0 Å². The third-order valence-corrected chi connectivity index (χ3v) is 6.40. The number of fused-ring (bicyclic) bond motifs is 3. The Morgan fingerprint density at radius 2 is 1.96 bits per heavy atom. The van der Waals surface area contributed by atoms with Crippen molar-refractivity contribution in [2.75, 3.05) is 4.90 Å². The van der Waals surface area contributed by atoms with Gasteiger partial charge in [-0.3, -0.25) is 0 Å². The third-order valence-electron chi connectivity index (χ3n) is 5.99. The number of ether oxygens (including phenoxy) is 1. The van der Waals surface area contributed by atoms with Gasteiger partial charge in [0.15, 0.2) is 0 Å². The van der Waals surface area contributed by atoms with Crippen LogP contribution in [0.15, 0.2) is 41.3 Å². The van der Waals surface area contributed by atoms with E-state index in [9.17, 15) is 9.90 Å². The highest BCUT2D eigenvalue weighted by Crippen LogP contribution is 2.54. The van der Waals surface area contributed by atoms with E-state index in [1.807, 2.05) is 24.3 Å². The smallest absolute Gasteiger partial charge is 0.405 e. The number of nitrogens with one attached hydrogen (secondary N) is 1. The molecular formula is C19H19BrN4O3. The molecule has 1 aromatic heterocycles.